The van der Waals surface area contributed by atoms with Crippen LogP contribution < -0.4 is 11.1 Å². The van der Waals surface area contributed by atoms with Crippen molar-refractivity contribution >= 4 is 29.5 Å². The summed E-state index contributed by atoms with van der Waals surface area (Å²) in [6, 6.07) is -0.654. The van der Waals surface area contributed by atoms with Crippen molar-refractivity contribution in [2.24, 2.45) is 5.73 Å². The van der Waals surface area contributed by atoms with Crippen LogP contribution in [-0.2, 0) is 24.0 Å². The van der Waals surface area contributed by atoms with Gasteiger partial charge in [-0.05, 0) is 25.7 Å². The molecule has 0 aromatic carbocycles. The highest BCUT2D eigenvalue weighted by Crippen LogP contribution is 2.15. The van der Waals surface area contributed by atoms with E-state index in [0.29, 0.717) is 26.2 Å². The first-order valence-corrected chi connectivity index (χ1v) is 29.4. The zero-order chi connectivity index (χ0) is 51.7. The summed E-state index contributed by atoms with van der Waals surface area (Å²) in [7, 11) is 0. The Labute approximate surface area is 430 Å². The number of carbonyl (C=O) groups excluding carboxylic acids is 5. The Morgan fingerprint density at radius 3 is 0.786 bits per heavy atom. The molecule has 412 valence electrons. The maximum Gasteiger partial charge on any atom is 0.242 e. The van der Waals surface area contributed by atoms with Crippen molar-refractivity contribution in [1.82, 2.24) is 24.9 Å². The van der Waals surface area contributed by atoms with Crippen LogP contribution in [-0.4, -0.2) is 138 Å². The molecule has 0 aliphatic rings. The third-order valence-electron chi connectivity index (χ3n) is 13.8. The second-order valence-electron chi connectivity index (χ2n) is 20.5. The number of carbonyl (C=O) groups is 5. The number of aliphatic hydroxyl groups excluding tert-OH is 2. The van der Waals surface area contributed by atoms with Crippen LogP contribution in [0.15, 0.2) is 0 Å². The first-order chi connectivity index (χ1) is 34.1. The zero-order valence-electron chi connectivity index (χ0n) is 46.1. The van der Waals surface area contributed by atoms with E-state index in [1.165, 1.54) is 133 Å². The second-order valence-corrected chi connectivity index (χ2v) is 20.5. The maximum atomic E-state index is 14.5. The monoisotopic (exact) mass is 993 g/mol. The summed E-state index contributed by atoms with van der Waals surface area (Å²) in [6.45, 7) is 8.82. The summed E-state index contributed by atoms with van der Waals surface area (Å²) in [5, 5.41) is 22.2. The van der Waals surface area contributed by atoms with Gasteiger partial charge in [0.1, 0.15) is 0 Å². The molecule has 0 aromatic rings. The molecule has 0 saturated heterocycles. The predicted octanol–water partition coefficient (Wildman–Crippen LogP) is 10.9. The lowest BCUT2D eigenvalue weighted by Gasteiger charge is -2.31. The molecule has 5 amide bonds. The van der Waals surface area contributed by atoms with Crippen LogP contribution in [0.1, 0.15) is 259 Å². The van der Waals surface area contributed by atoms with E-state index in [9.17, 15) is 34.2 Å². The Balaban J connectivity index is 6.26. The average molecular weight is 994 g/mol. The molecule has 0 aromatic heterocycles. The number of amides is 5. The van der Waals surface area contributed by atoms with E-state index in [2.05, 4.69) is 33.0 Å². The van der Waals surface area contributed by atoms with E-state index < -0.39 is 11.9 Å². The van der Waals surface area contributed by atoms with Crippen LogP contribution in [0.2, 0.25) is 0 Å². The number of hydrogen-bond donors (Lipinski definition) is 4. The number of primary amides is 1. The average Bonchev–Trinajstić information content (AvgIpc) is 3.35. The number of rotatable bonds is 53. The van der Waals surface area contributed by atoms with Gasteiger partial charge in [-0.25, -0.2) is 0 Å². The van der Waals surface area contributed by atoms with Gasteiger partial charge in [0.05, 0.1) is 52.0 Å². The fourth-order valence-electron chi connectivity index (χ4n) is 9.13. The standard InChI is InChI=1S/C57H112N6O7/c1-5-9-13-17-21-25-27-31-33-37-41-60(46-53(58)66)55(68)48-62(43-39-35-30-24-20-16-12-8-4)57(70)49-63(44-40-36-32-28-26-22-18-14-10-6-2)56(69)47-61(54(67)45-59-52(50-64)51-65)42-38-34-29-23-19-15-11-7-3/h52,59,64-65H,5-51H2,1-4H3,(H2,58,66). The van der Waals surface area contributed by atoms with E-state index in [1.807, 2.05) is 0 Å². The lowest BCUT2D eigenvalue weighted by molar-refractivity contribution is -0.146. The van der Waals surface area contributed by atoms with Crippen LogP contribution in [0.25, 0.3) is 0 Å². The van der Waals surface area contributed by atoms with Gasteiger partial charge in [0.25, 0.3) is 0 Å². The molecule has 0 saturated carbocycles. The molecule has 0 aliphatic heterocycles. The summed E-state index contributed by atoms with van der Waals surface area (Å²) < 4.78 is 0. The molecular weight excluding hydrogens is 881 g/mol. The minimum absolute atomic E-state index is 0.136. The highest BCUT2D eigenvalue weighted by molar-refractivity contribution is 5.91. The second kappa shape index (κ2) is 49.8. The largest absolute Gasteiger partial charge is 0.395 e. The first kappa shape index (κ1) is 67.2. The summed E-state index contributed by atoms with van der Waals surface area (Å²) in [5.41, 5.74) is 5.67. The third kappa shape index (κ3) is 39.8. The molecule has 0 aliphatic carbocycles. The van der Waals surface area contributed by atoms with Gasteiger partial charge >= 0.3 is 0 Å². The molecule has 0 rings (SSSR count). The highest BCUT2D eigenvalue weighted by atomic mass is 16.3. The van der Waals surface area contributed by atoms with Gasteiger partial charge in [-0.1, -0.05) is 233 Å². The zero-order valence-corrected chi connectivity index (χ0v) is 46.1. The van der Waals surface area contributed by atoms with E-state index in [0.717, 1.165) is 103 Å². The van der Waals surface area contributed by atoms with Crippen LogP contribution in [0.3, 0.4) is 0 Å². The van der Waals surface area contributed by atoms with Gasteiger partial charge in [0, 0.05) is 26.2 Å². The van der Waals surface area contributed by atoms with E-state index in [4.69, 9.17) is 5.73 Å². The van der Waals surface area contributed by atoms with Crippen LogP contribution in [0, 0.1) is 0 Å². The van der Waals surface area contributed by atoms with Crippen molar-refractivity contribution in [1.29, 1.82) is 0 Å². The number of nitrogens with one attached hydrogen (secondary N) is 1. The van der Waals surface area contributed by atoms with Crippen molar-refractivity contribution in [2.45, 2.75) is 265 Å². The number of aliphatic hydroxyl groups is 2. The number of nitrogens with two attached hydrogens (primary N) is 1. The molecule has 13 heteroatoms. The fraction of sp³-hybridized carbons (Fsp3) is 0.912. The Hall–Kier alpha value is -2.77. The van der Waals surface area contributed by atoms with E-state index in [1.54, 1.807) is 14.7 Å². The fourth-order valence-corrected chi connectivity index (χ4v) is 9.13. The Bertz CT molecular complexity index is 1250. The first-order valence-electron chi connectivity index (χ1n) is 29.4. The van der Waals surface area contributed by atoms with Gasteiger partial charge < -0.3 is 40.9 Å². The quantitative estimate of drug-likeness (QED) is 0.0435. The molecule has 0 bridgehead atoms. The number of unbranched alkanes of at least 4 members (excludes halogenated alkanes) is 32. The topological polar surface area (TPSA) is 177 Å². The third-order valence-corrected chi connectivity index (χ3v) is 13.8. The SMILES string of the molecule is CCCCCCCCCCCCN(CC(N)=O)C(=O)CN(CCCCCCCCCC)C(=O)CN(CCCCCCCCCCCC)C(=O)CN(CCCCCCCCCC)C(=O)CNC(CO)CO. The number of hydrogen-bond acceptors (Lipinski definition) is 8. The molecule has 0 spiro atoms. The minimum Gasteiger partial charge on any atom is -0.395 e. The Kier molecular flexibility index (Phi) is 47.8. The maximum absolute atomic E-state index is 14.5. The van der Waals surface area contributed by atoms with Gasteiger partial charge in [-0.15, -0.1) is 0 Å². The van der Waals surface area contributed by atoms with Crippen LogP contribution in [0.5, 0.6) is 0 Å². The minimum atomic E-state index is -0.654. The van der Waals surface area contributed by atoms with Crippen molar-refractivity contribution in [2.75, 3.05) is 72.1 Å². The highest BCUT2D eigenvalue weighted by Gasteiger charge is 2.27. The molecule has 0 atom stereocenters. The van der Waals surface area contributed by atoms with Crippen molar-refractivity contribution in [3.63, 3.8) is 0 Å². The lowest BCUT2D eigenvalue weighted by atomic mass is 10.1. The molecule has 0 fully saturated rings. The van der Waals surface area contributed by atoms with E-state index >= 15 is 0 Å². The van der Waals surface area contributed by atoms with Crippen molar-refractivity contribution in [3.8, 4) is 0 Å². The molecule has 0 radical (unpaired) electrons. The molecule has 70 heavy (non-hydrogen) atoms. The van der Waals surface area contributed by atoms with E-state index in [-0.39, 0.29) is 69.6 Å². The molecular formula is C57H112N6O7. The van der Waals surface area contributed by atoms with Crippen molar-refractivity contribution < 1.29 is 34.2 Å². The van der Waals surface area contributed by atoms with Crippen LogP contribution in [0.4, 0.5) is 0 Å². The summed E-state index contributed by atoms with van der Waals surface area (Å²) in [6.07, 6.45) is 40.2. The van der Waals surface area contributed by atoms with Gasteiger partial charge in [0.15, 0.2) is 0 Å². The predicted molar refractivity (Wildman–Crippen MR) is 290 cm³/mol. The molecule has 5 N–H and O–H groups in total. The Morgan fingerprint density at radius 2 is 0.557 bits per heavy atom. The Morgan fingerprint density at radius 1 is 0.343 bits per heavy atom. The van der Waals surface area contributed by atoms with Gasteiger partial charge in [-0.3, -0.25) is 24.0 Å². The van der Waals surface area contributed by atoms with Gasteiger partial charge in [0.2, 0.25) is 29.5 Å². The summed E-state index contributed by atoms with van der Waals surface area (Å²) in [5.74, 6) is -1.82. The molecule has 0 heterocycles. The smallest absolute Gasteiger partial charge is 0.242 e. The summed E-state index contributed by atoms with van der Waals surface area (Å²) in [4.78, 5) is 75.3. The lowest BCUT2D eigenvalue weighted by Crippen LogP contribution is -2.51. The number of nitrogens with zero attached hydrogens (tertiary/aromatic N) is 4. The molecule has 0 unspecified atom stereocenters. The normalized spacial score (nSPS) is 11.4. The molecule has 13 nitrogen and oxygen atoms in total. The van der Waals surface area contributed by atoms with Crippen molar-refractivity contribution in [3.05, 3.63) is 0 Å². The summed E-state index contributed by atoms with van der Waals surface area (Å²) >= 11 is 0. The van der Waals surface area contributed by atoms with Crippen LogP contribution >= 0.6 is 0 Å². The van der Waals surface area contributed by atoms with Gasteiger partial charge in [-0.2, -0.15) is 0 Å².